The van der Waals surface area contributed by atoms with E-state index in [0.29, 0.717) is 11.7 Å². The molecule has 0 aliphatic carbocycles. The fraction of sp³-hybridized carbons (Fsp3) is 0.182. The van der Waals surface area contributed by atoms with Crippen LogP contribution in [0.3, 0.4) is 0 Å². The third-order valence-electron chi connectivity index (χ3n) is 2.51. The summed E-state index contributed by atoms with van der Waals surface area (Å²) >= 11 is 2.95. The number of hydrogen-bond acceptors (Lipinski definition) is 6. The molecule has 0 spiro atoms. The van der Waals surface area contributed by atoms with E-state index in [1.807, 2.05) is 23.0 Å². The number of rotatable bonds is 4. The van der Waals surface area contributed by atoms with Crippen LogP contribution in [0.2, 0.25) is 0 Å². The number of imidazole rings is 1. The van der Waals surface area contributed by atoms with Crippen LogP contribution in [0.1, 0.15) is 5.69 Å². The van der Waals surface area contributed by atoms with Gasteiger partial charge in [0.25, 0.3) is 5.56 Å². The summed E-state index contributed by atoms with van der Waals surface area (Å²) in [6, 6.07) is 1.39. The molecule has 0 aliphatic rings. The van der Waals surface area contributed by atoms with Crippen LogP contribution in [0.15, 0.2) is 38.8 Å². The average molecular weight is 293 g/mol. The minimum atomic E-state index is -0.159. The van der Waals surface area contributed by atoms with E-state index < -0.39 is 0 Å². The van der Waals surface area contributed by atoms with Crippen LogP contribution >= 0.6 is 23.1 Å². The minimum absolute atomic E-state index is 0.159. The first-order valence-corrected chi connectivity index (χ1v) is 7.30. The summed E-state index contributed by atoms with van der Waals surface area (Å²) in [5.41, 5.74) is 0.906. The van der Waals surface area contributed by atoms with Crippen LogP contribution in [-0.2, 0) is 6.54 Å². The van der Waals surface area contributed by atoms with Gasteiger partial charge < -0.3 is 10.3 Å². The van der Waals surface area contributed by atoms with Crippen molar-refractivity contribution in [2.24, 2.45) is 0 Å². The summed E-state index contributed by atoms with van der Waals surface area (Å²) in [5.74, 6) is 0. The van der Waals surface area contributed by atoms with E-state index in [1.54, 1.807) is 11.3 Å². The lowest BCUT2D eigenvalue weighted by Crippen LogP contribution is -2.09. The molecule has 3 heterocycles. The number of aromatic amines is 1. The molecular weight excluding hydrogens is 282 g/mol. The van der Waals surface area contributed by atoms with E-state index in [2.05, 4.69) is 20.3 Å². The van der Waals surface area contributed by atoms with Gasteiger partial charge in [-0.15, -0.1) is 11.3 Å². The Kier molecular flexibility index (Phi) is 3.36. The minimum Gasteiger partial charge on any atom is -0.314 e. The van der Waals surface area contributed by atoms with Gasteiger partial charge in [0.1, 0.15) is 5.03 Å². The average Bonchev–Trinajstić information content (AvgIpc) is 2.93. The highest BCUT2D eigenvalue weighted by atomic mass is 32.2. The van der Waals surface area contributed by atoms with Crippen molar-refractivity contribution >= 4 is 28.1 Å². The van der Waals surface area contributed by atoms with Crippen LogP contribution in [0.5, 0.6) is 0 Å². The van der Waals surface area contributed by atoms with E-state index >= 15 is 0 Å². The Bertz CT molecular complexity index is 760. The zero-order valence-corrected chi connectivity index (χ0v) is 11.7. The quantitative estimate of drug-likeness (QED) is 0.710. The number of nitrogens with one attached hydrogen (secondary N) is 2. The summed E-state index contributed by atoms with van der Waals surface area (Å²) in [6.45, 7) is 0.706. The van der Waals surface area contributed by atoms with Crippen molar-refractivity contribution in [2.45, 2.75) is 16.7 Å². The van der Waals surface area contributed by atoms with E-state index in [9.17, 15) is 4.79 Å². The van der Waals surface area contributed by atoms with Crippen molar-refractivity contribution in [2.75, 3.05) is 7.05 Å². The Hall–Kier alpha value is -1.64. The molecule has 0 saturated heterocycles. The summed E-state index contributed by atoms with van der Waals surface area (Å²) in [7, 11) is 1.89. The maximum Gasteiger partial charge on any atom is 0.251 e. The predicted octanol–water partition coefficient (Wildman–Crippen LogP) is 1.35. The highest BCUT2D eigenvalue weighted by Gasteiger charge is 2.14. The van der Waals surface area contributed by atoms with Gasteiger partial charge in [0.15, 0.2) is 10.1 Å². The van der Waals surface area contributed by atoms with Crippen LogP contribution in [0, 0.1) is 0 Å². The zero-order chi connectivity index (χ0) is 13.2. The summed E-state index contributed by atoms with van der Waals surface area (Å²) < 4.78 is 2.05. The molecule has 0 amide bonds. The van der Waals surface area contributed by atoms with Gasteiger partial charge in [0.2, 0.25) is 0 Å². The van der Waals surface area contributed by atoms with E-state index in [4.69, 9.17) is 0 Å². The van der Waals surface area contributed by atoms with Gasteiger partial charge in [0.05, 0.1) is 5.69 Å². The van der Waals surface area contributed by atoms with Crippen molar-refractivity contribution in [3.8, 4) is 0 Å². The lowest BCUT2D eigenvalue weighted by Gasteiger charge is -2.02. The Morgan fingerprint density at radius 2 is 2.47 bits per heavy atom. The van der Waals surface area contributed by atoms with Crippen LogP contribution in [0.4, 0.5) is 0 Å². The topological polar surface area (TPSA) is 75.1 Å². The Morgan fingerprint density at radius 1 is 1.58 bits per heavy atom. The SMILES string of the molecule is CNCc1c(Sc2nccc(=O)[nH]2)nc2sccn12. The standard InChI is InChI=1S/C11H11N5OS2/c1-12-6-7-9(15-11-16(7)4-5-18-11)19-10-13-3-2-8(17)14-10/h2-5,12H,6H2,1H3,(H,13,14,17). The summed E-state index contributed by atoms with van der Waals surface area (Å²) in [5, 5.41) is 6.53. The molecule has 3 rings (SSSR count). The zero-order valence-electron chi connectivity index (χ0n) is 10.1. The smallest absolute Gasteiger partial charge is 0.251 e. The first kappa shape index (κ1) is 12.4. The highest BCUT2D eigenvalue weighted by Crippen LogP contribution is 2.29. The van der Waals surface area contributed by atoms with Crippen LogP contribution < -0.4 is 10.9 Å². The van der Waals surface area contributed by atoms with Crippen molar-refractivity contribution in [1.29, 1.82) is 0 Å². The Balaban J connectivity index is 2.02. The molecule has 0 aliphatic heterocycles. The first-order chi connectivity index (χ1) is 9.28. The van der Waals surface area contributed by atoms with Crippen molar-refractivity contribution in [3.63, 3.8) is 0 Å². The molecule has 0 bridgehead atoms. The van der Waals surface area contributed by atoms with Crippen LogP contribution in [-0.4, -0.2) is 26.4 Å². The molecule has 98 valence electrons. The van der Waals surface area contributed by atoms with E-state index in [0.717, 1.165) is 15.7 Å². The molecule has 6 nitrogen and oxygen atoms in total. The number of thiazole rings is 1. The maximum absolute atomic E-state index is 11.3. The summed E-state index contributed by atoms with van der Waals surface area (Å²) in [6.07, 6.45) is 3.49. The molecular formula is C11H11N5OS2. The second kappa shape index (κ2) is 5.16. The second-order valence-electron chi connectivity index (χ2n) is 3.79. The predicted molar refractivity (Wildman–Crippen MR) is 74.8 cm³/mol. The molecule has 19 heavy (non-hydrogen) atoms. The lowest BCUT2D eigenvalue weighted by molar-refractivity contribution is 0.764. The molecule has 0 radical (unpaired) electrons. The number of fused-ring (bicyclic) bond motifs is 1. The van der Waals surface area contributed by atoms with Gasteiger partial charge in [0, 0.05) is 30.4 Å². The van der Waals surface area contributed by atoms with E-state index in [-0.39, 0.29) is 5.56 Å². The van der Waals surface area contributed by atoms with Gasteiger partial charge in [-0.05, 0) is 18.8 Å². The Labute approximate surface area is 116 Å². The molecule has 0 atom stereocenters. The van der Waals surface area contributed by atoms with Gasteiger partial charge in [-0.3, -0.25) is 9.20 Å². The monoisotopic (exact) mass is 293 g/mol. The largest absolute Gasteiger partial charge is 0.314 e. The molecule has 3 aromatic heterocycles. The van der Waals surface area contributed by atoms with Crippen molar-refractivity contribution < 1.29 is 0 Å². The van der Waals surface area contributed by atoms with Gasteiger partial charge in [-0.25, -0.2) is 9.97 Å². The number of nitrogens with zero attached hydrogens (tertiary/aromatic N) is 3. The van der Waals surface area contributed by atoms with Gasteiger partial charge in [-0.1, -0.05) is 0 Å². The fourth-order valence-electron chi connectivity index (χ4n) is 1.72. The second-order valence-corrected chi connectivity index (χ2v) is 5.64. The third-order valence-corrected chi connectivity index (χ3v) is 4.19. The molecule has 0 fully saturated rings. The molecule has 0 unspecified atom stereocenters. The number of H-pyrrole nitrogens is 1. The van der Waals surface area contributed by atoms with Crippen molar-refractivity contribution in [3.05, 3.63) is 39.9 Å². The normalized spacial score (nSPS) is 11.2. The highest BCUT2D eigenvalue weighted by molar-refractivity contribution is 7.99. The van der Waals surface area contributed by atoms with E-state index in [1.165, 1.54) is 24.0 Å². The first-order valence-electron chi connectivity index (χ1n) is 5.60. The third kappa shape index (κ3) is 2.42. The molecule has 2 N–H and O–H groups in total. The van der Waals surface area contributed by atoms with Gasteiger partial charge >= 0.3 is 0 Å². The summed E-state index contributed by atoms with van der Waals surface area (Å²) in [4.78, 5) is 23.6. The lowest BCUT2D eigenvalue weighted by atomic mass is 10.5. The molecule has 8 heteroatoms. The maximum atomic E-state index is 11.3. The number of aromatic nitrogens is 4. The Morgan fingerprint density at radius 3 is 3.26 bits per heavy atom. The molecule has 0 aromatic carbocycles. The fourth-order valence-corrected chi connectivity index (χ4v) is 3.38. The molecule has 0 saturated carbocycles. The number of hydrogen-bond donors (Lipinski definition) is 2. The van der Waals surface area contributed by atoms with Gasteiger partial charge in [-0.2, -0.15) is 0 Å². The van der Waals surface area contributed by atoms with Crippen LogP contribution in [0.25, 0.3) is 4.96 Å². The molecule has 3 aromatic rings. The van der Waals surface area contributed by atoms with Crippen molar-refractivity contribution in [1.82, 2.24) is 24.7 Å².